The van der Waals surface area contributed by atoms with Crippen molar-refractivity contribution in [3.05, 3.63) is 47.8 Å². The van der Waals surface area contributed by atoms with Crippen LogP contribution in [0.3, 0.4) is 0 Å². The van der Waals surface area contributed by atoms with Crippen LogP contribution in [0.1, 0.15) is 27.2 Å². The third-order valence-corrected chi connectivity index (χ3v) is 4.55. The van der Waals surface area contributed by atoms with Gasteiger partial charge in [0.25, 0.3) is 0 Å². The smallest absolute Gasteiger partial charge is 0.151 e. The number of carbonyl (C=O) groups excluding carboxylic acids is 1. The maximum Gasteiger partial charge on any atom is 0.151 e. The first-order valence-electron chi connectivity index (χ1n) is 9.25. The Balaban J connectivity index is 2.08. The van der Waals surface area contributed by atoms with Gasteiger partial charge in [0.05, 0.1) is 0 Å². The fourth-order valence-electron chi connectivity index (χ4n) is 2.89. The molecule has 140 valence electrons. The molecular formula is C21H30N4O. The van der Waals surface area contributed by atoms with Crippen LogP contribution in [0.2, 0.25) is 0 Å². The lowest BCUT2D eigenvalue weighted by Gasteiger charge is -2.34. The topological polar surface area (TPSA) is 47.9 Å². The van der Waals surface area contributed by atoms with Crippen molar-refractivity contribution in [3.63, 3.8) is 0 Å². The molecule has 0 aliphatic carbocycles. The molecule has 1 N–H and O–H groups in total. The summed E-state index contributed by atoms with van der Waals surface area (Å²) >= 11 is 0. The van der Waals surface area contributed by atoms with E-state index in [2.05, 4.69) is 58.3 Å². The third kappa shape index (κ3) is 5.56. The summed E-state index contributed by atoms with van der Waals surface area (Å²) in [6.45, 7) is 10.1. The van der Waals surface area contributed by atoms with E-state index in [9.17, 15) is 4.79 Å². The maximum absolute atomic E-state index is 11.1. The van der Waals surface area contributed by atoms with Crippen LogP contribution in [-0.2, 0) is 4.79 Å². The second-order valence-electron chi connectivity index (χ2n) is 6.52. The molecule has 0 radical (unpaired) electrons. The lowest BCUT2D eigenvalue weighted by Crippen LogP contribution is -2.44. The van der Waals surface area contributed by atoms with Gasteiger partial charge in [-0.25, -0.2) is 4.99 Å². The zero-order valence-electron chi connectivity index (χ0n) is 16.3. The second-order valence-corrected chi connectivity index (χ2v) is 6.52. The van der Waals surface area contributed by atoms with E-state index in [1.807, 2.05) is 19.9 Å². The van der Waals surface area contributed by atoms with Crippen molar-refractivity contribution in [2.75, 3.05) is 43.4 Å². The van der Waals surface area contributed by atoms with Gasteiger partial charge in [-0.2, -0.15) is 0 Å². The summed E-state index contributed by atoms with van der Waals surface area (Å²) in [5, 5.41) is 3.35. The van der Waals surface area contributed by atoms with Crippen molar-refractivity contribution in [1.82, 2.24) is 4.90 Å². The highest BCUT2D eigenvalue weighted by atomic mass is 16.1. The molecule has 0 saturated carbocycles. The lowest BCUT2D eigenvalue weighted by molar-refractivity contribution is -0.104. The molecule has 1 aromatic carbocycles. The summed E-state index contributed by atoms with van der Waals surface area (Å²) in [6, 6.07) is 8.46. The van der Waals surface area contributed by atoms with E-state index in [1.165, 1.54) is 5.69 Å². The molecular weight excluding hydrogens is 324 g/mol. The Kier molecular flexibility index (Phi) is 7.60. The van der Waals surface area contributed by atoms with E-state index >= 15 is 0 Å². The number of carbonyl (C=O) groups is 1. The van der Waals surface area contributed by atoms with Crippen LogP contribution in [0.25, 0.3) is 0 Å². The fraction of sp³-hybridized carbons (Fsp3) is 0.429. The average Bonchev–Trinajstić information content (AvgIpc) is 2.64. The summed E-state index contributed by atoms with van der Waals surface area (Å²) in [6.07, 6.45) is 5.51. The zero-order valence-corrected chi connectivity index (χ0v) is 16.3. The van der Waals surface area contributed by atoms with Crippen molar-refractivity contribution in [1.29, 1.82) is 0 Å². The number of hydrogen-bond acceptors (Lipinski definition) is 5. The van der Waals surface area contributed by atoms with Crippen LogP contribution in [0.15, 0.2) is 52.8 Å². The number of piperazine rings is 1. The van der Waals surface area contributed by atoms with Crippen LogP contribution in [0.4, 0.5) is 11.4 Å². The summed E-state index contributed by atoms with van der Waals surface area (Å²) in [7, 11) is 2.16. The minimum atomic E-state index is 0.610. The van der Waals surface area contributed by atoms with Gasteiger partial charge >= 0.3 is 0 Å². The number of nitrogens with zero attached hydrogens (tertiary/aromatic N) is 3. The molecule has 1 fully saturated rings. The van der Waals surface area contributed by atoms with Gasteiger partial charge in [-0.1, -0.05) is 13.0 Å². The molecule has 1 heterocycles. The number of hydrogen-bond donors (Lipinski definition) is 1. The first-order chi connectivity index (χ1) is 12.6. The van der Waals surface area contributed by atoms with Crippen LogP contribution in [0, 0.1) is 0 Å². The number of aldehydes is 1. The van der Waals surface area contributed by atoms with Gasteiger partial charge in [0, 0.05) is 48.8 Å². The highest BCUT2D eigenvalue weighted by Gasteiger charge is 2.14. The van der Waals surface area contributed by atoms with E-state index in [0.717, 1.165) is 50.4 Å². The van der Waals surface area contributed by atoms with Gasteiger partial charge in [0.15, 0.2) is 6.29 Å². The van der Waals surface area contributed by atoms with Crippen LogP contribution < -0.4 is 10.2 Å². The van der Waals surface area contributed by atoms with Gasteiger partial charge in [0.2, 0.25) is 0 Å². The van der Waals surface area contributed by atoms with Crippen LogP contribution in [-0.4, -0.2) is 50.1 Å². The van der Waals surface area contributed by atoms with Gasteiger partial charge in [-0.15, -0.1) is 0 Å². The first kappa shape index (κ1) is 19.9. The van der Waals surface area contributed by atoms with Gasteiger partial charge in [0.1, 0.15) is 5.82 Å². The predicted octanol–water partition coefficient (Wildman–Crippen LogP) is 3.71. The molecule has 0 spiro atoms. The quantitative estimate of drug-likeness (QED) is 0.461. The molecule has 1 aliphatic heterocycles. The summed E-state index contributed by atoms with van der Waals surface area (Å²) in [5.74, 6) is 0.763. The molecule has 1 saturated heterocycles. The van der Waals surface area contributed by atoms with Crippen molar-refractivity contribution in [2.45, 2.75) is 27.2 Å². The number of likely N-dealkylation sites (N-methyl/N-ethyl adjacent to an activating group) is 1. The predicted molar refractivity (Wildman–Crippen MR) is 111 cm³/mol. The molecule has 1 aromatic rings. The lowest BCUT2D eigenvalue weighted by atomic mass is 10.2. The van der Waals surface area contributed by atoms with E-state index in [0.29, 0.717) is 11.3 Å². The van der Waals surface area contributed by atoms with Crippen molar-refractivity contribution in [3.8, 4) is 0 Å². The molecule has 5 nitrogen and oxygen atoms in total. The van der Waals surface area contributed by atoms with Crippen LogP contribution in [0.5, 0.6) is 0 Å². The highest BCUT2D eigenvalue weighted by Crippen LogP contribution is 2.20. The molecule has 1 aliphatic rings. The SMILES string of the molecule is C\C=C(C=O)/C(C)=N\C(=C\CC)Nc1ccc(N2CCN(C)CC2)cc1. The van der Waals surface area contributed by atoms with E-state index in [4.69, 9.17) is 0 Å². The average molecular weight is 354 g/mol. The molecule has 0 atom stereocenters. The molecule has 0 aromatic heterocycles. The molecule has 2 rings (SSSR count). The Bertz CT molecular complexity index is 680. The standard InChI is InChI=1S/C21H30N4O/c1-5-7-21(22-17(3)18(6-2)16-26)23-19-8-10-20(11-9-19)25-14-12-24(4)13-15-25/h6-11,16,23H,5,12-15H2,1-4H3/b18-6-,21-7-,22-17-. The van der Waals surface area contributed by atoms with Gasteiger partial charge < -0.3 is 15.1 Å². The largest absolute Gasteiger partial charge is 0.369 e. The molecule has 0 unspecified atom stereocenters. The Labute approximate surface area is 157 Å². The summed E-state index contributed by atoms with van der Waals surface area (Å²) in [4.78, 5) is 20.4. The molecule has 26 heavy (non-hydrogen) atoms. The van der Waals surface area contributed by atoms with Crippen LogP contribution >= 0.6 is 0 Å². The number of allylic oxidation sites excluding steroid dienone is 3. The minimum Gasteiger partial charge on any atom is -0.369 e. The van der Waals surface area contributed by atoms with Gasteiger partial charge in [-0.05, 0) is 57.7 Å². The van der Waals surface area contributed by atoms with Crippen molar-refractivity contribution in [2.24, 2.45) is 4.99 Å². The second kappa shape index (κ2) is 9.92. The monoisotopic (exact) mass is 354 g/mol. The normalized spacial score (nSPS) is 17.4. The number of nitrogens with one attached hydrogen (secondary N) is 1. The fourth-order valence-corrected chi connectivity index (χ4v) is 2.89. The molecule has 0 bridgehead atoms. The Morgan fingerprint density at radius 2 is 1.85 bits per heavy atom. The number of benzene rings is 1. The van der Waals surface area contributed by atoms with Crippen molar-refractivity contribution >= 4 is 23.4 Å². The number of anilines is 2. The Hall–Kier alpha value is -2.40. The van der Waals surface area contributed by atoms with E-state index in [1.54, 1.807) is 6.08 Å². The zero-order chi connectivity index (χ0) is 18.9. The molecule has 5 heteroatoms. The Morgan fingerprint density at radius 3 is 2.38 bits per heavy atom. The minimum absolute atomic E-state index is 0.610. The number of rotatable bonds is 7. The highest BCUT2D eigenvalue weighted by molar-refractivity contribution is 6.13. The molecule has 0 amide bonds. The van der Waals surface area contributed by atoms with Gasteiger partial charge in [-0.3, -0.25) is 4.79 Å². The van der Waals surface area contributed by atoms with Crippen molar-refractivity contribution < 1.29 is 4.79 Å². The summed E-state index contributed by atoms with van der Waals surface area (Å²) in [5.41, 5.74) is 3.57. The van der Waals surface area contributed by atoms with E-state index < -0.39 is 0 Å². The summed E-state index contributed by atoms with van der Waals surface area (Å²) < 4.78 is 0. The third-order valence-electron chi connectivity index (χ3n) is 4.55. The first-order valence-corrected chi connectivity index (χ1v) is 9.25. The van der Waals surface area contributed by atoms with E-state index in [-0.39, 0.29) is 0 Å². The number of aliphatic imine (C=N–C) groups is 1. The Morgan fingerprint density at radius 1 is 1.19 bits per heavy atom. The maximum atomic E-state index is 11.1.